The lowest BCUT2D eigenvalue weighted by Gasteiger charge is -2.30. The van der Waals surface area contributed by atoms with Gasteiger partial charge in [-0.1, -0.05) is 164 Å². The van der Waals surface area contributed by atoms with E-state index < -0.39 is 0 Å². The van der Waals surface area contributed by atoms with E-state index in [0.29, 0.717) is 0 Å². The van der Waals surface area contributed by atoms with Gasteiger partial charge in [0.2, 0.25) is 0 Å². The van der Waals surface area contributed by atoms with Crippen LogP contribution in [0.4, 0.5) is 17.1 Å². The van der Waals surface area contributed by atoms with Crippen LogP contribution in [0.2, 0.25) is 0 Å². The van der Waals surface area contributed by atoms with Crippen molar-refractivity contribution in [3.8, 4) is 33.4 Å². The molecule has 0 aromatic heterocycles. The Kier molecular flexibility index (Phi) is 7.22. The minimum atomic E-state index is 1.10. The highest BCUT2D eigenvalue weighted by Crippen LogP contribution is 2.45. The van der Waals surface area contributed by atoms with Crippen molar-refractivity contribution in [2.45, 2.75) is 0 Å². The fourth-order valence-electron chi connectivity index (χ4n) is 7.29. The van der Waals surface area contributed by atoms with Crippen LogP contribution in [-0.4, -0.2) is 0 Å². The van der Waals surface area contributed by atoms with Crippen molar-refractivity contribution in [1.82, 2.24) is 0 Å². The maximum atomic E-state index is 2.43. The van der Waals surface area contributed by atoms with Gasteiger partial charge < -0.3 is 4.90 Å². The minimum Gasteiger partial charge on any atom is -0.309 e. The quantitative estimate of drug-likeness (QED) is 0.167. The Hall–Kier alpha value is -6.44. The Bertz CT molecular complexity index is 2600. The topological polar surface area (TPSA) is 3.24 Å². The number of rotatable bonds is 6. The molecular formula is C48H33N. The molecule has 230 valence electrons. The van der Waals surface area contributed by atoms with Gasteiger partial charge in [0.25, 0.3) is 0 Å². The van der Waals surface area contributed by atoms with Gasteiger partial charge in [0.15, 0.2) is 0 Å². The van der Waals surface area contributed by atoms with E-state index in [1.807, 2.05) is 0 Å². The average Bonchev–Trinajstić information content (AvgIpc) is 3.18. The van der Waals surface area contributed by atoms with Gasteiger partial charge in [-0.15, -0.1) is 0 Å². The fraction of sp³-hybridized carbons (Fsp3) is 0. The lowest BCUT2D eigenvalue weighted by atomic mass is 9.93. The van der Waals surface area contributed by atoms with Gasteiger partial charge in [0.1, 0.15) is 0 Å². The van der Waals surface area contributed by atoms with Gasteiger partial charge in [0, 0.05) is 16.8 Å². The maximum Gasteiger partial charge on any atom is 0.0540 e. The van der Waals surface area contributed by atoms with E-state index >= 15 is 0 Å². The van der Waals surface area contributed by atoms with Crippen LogP contribution in [0.25, 0.3) is 65.7 Å². The molecule has 9 rings (SSSR count). The zero-order valence-corrected chi connectivity index (χ0v) is 27.0. The normalized spacial score (nSPS) is 11.3. The molecule has 49 heavy (non-hydrogen) atoms. The SMILES string of the molecule is c1ccc(-c2ccccc2N(c2ccc(-c3cc4ccccc4c4ccccc34)cc2)c2ccccc2-c2ccc3ccccc3c2)cc1. The predicted octanol–water partition coefficient (Wildman–Crippen LogP) is 13.6. The van der Waals surface area contributed by atoms with Crippen molar-refractivity contribution in [3.05, 3.63) is 200 Å². The fourth-order valence-corrected chi connectivity index (χ4v) is 7.29. The van der Waals surface area contributed by atoms with Crippen LogP contribution in [0.1, 0.15) is 0 Å². The highest BCUT2D eigenvalue weighted by molar-refractivity contribution is 6.13. The second-order valence-corrected chi connectivity index (χ2v) is 12.5. The summed E-state index contributed by atoms with van der Waals surface area (Å²) in [5.41, 5.74) is 10.5. The molecule has 0 amide bonds. The van der Waals surface area contributed by atoms with Crippen molar-refractivity contribution in [2.24, 2.45) is 0 Å². The number of nitrogens with zero attached hydrogens (tertiary/aromatic N) is 1. The van der Waals surface area contributed by atoms with Crippen LogP contribution in [-0.2, 0) is 0 Å². The molecule has 0 atom stereocenters. The molecular weight excluding hydrogens is 591 g/mol. The molecule has 9 aromatic rings. The summed E-state index contributed by atoms with van der Waals surface area (Å²) in [5, 5.41) is 7.56. The summed E-state index contributed by atoms with van der Waals surface area (Å²) in [6.07, 6.45) is 0. The Balaban J connectivity index is 1.24. The minimum absolute atomic E-state index is 1.10. The number of benzene rings is 9. The zero-order chi connectivity index (χ0) is 32.6. The standard InChI is InChI=1S/C48H33N/c1-2-15-35(16-3-1)42-20-10-12-24-47(42)49(48-25-13-11-21-43(48)39-27-26-34-14-4-5-17-37(34)32-39)40-30-28-36(29-31-40)46-33-38-18-6-7-19-41(38)44-22-8-9-23-45(44)46/h1-33H. The molecule has 0 radical (unpaired) electrons. The molecule has 9 aromatic carbocycles. The van der Waals surface area contributed by atoms with E-state index in [2.05, 4.69) is 205 Å². The maximum absolute atomic E-state index is 2.43. The van der Waals surface area contributed by atoms with Crippen LogP contribution in [0.5, 0.6) is 0 Å². The Morgan fingerprint density at radius 3 is 1.51 bits per heavy atom. The lowest BCUT2D eigenvalue weighted by molar-refractivity contribution is 1.28. The van der Waals surface area contributed by atoms with E-state index in [1.54, 1.807) is 0 Å². The van der Waals surface area contributed by atoms with Crippen LogP contribution in [0, 0.1) is 0 Å². The van der Waals surface area contributed by atoms with Gasteiger partial charge in [-0.2, -0.15) is 0 Å². The molecule has 0 aliphatic carbocycles. The Labute approximate surface area is 287 Å². The number of hydrogen-bond donors (Lipinski definition) is 0. The highest BCUT2D eigenvalue weighted by Gasteiger charge is 2.21. The first-order valence-corrected chi connectivity index (χ1v) is 16.9. The molecule has 0 unspecified atom stereocenters. The first-order valence-electron chi connectivity index (χ1n) is 16.9. The van der Waals surface area contributed by atoms with Crippen LogP contribution in [0.3, 0.4) is 0 Å². The summed E-state index contributed by atoms with van der Waals surface area (Å²) >= 11 is 0. The summed E-state index contributed by atoms with van der Waals surface area (Å²) in [7, 11) is 0. The Morgan fingerprint density at radius 2 is 0.776 bits per heavy atom. The van der Waals surface area contributed by atoms with Crippen LogP contribution >= 0.6 is 0 Å². The first kappa shape index (κ1) is 28.8. The van der Waals surface area contributed by atoms with E-state index in [4.69, 9.17) is 0 Å². The molecule has 0 aliphatic rings. The molecule has 0 spiro atoms. The second kappa shape index (κ2) is 12.3. The molecule has 0 N–H and O–H groups in total. The molecule has 0 fully saturated rings. The number of para-hydroxylation sites is 2. The van der Waals surface area contributed by atoms with E-state index in [1.165, 1.54) is 65.7 Å². The smallest absolute Gasteiger partial charge is 0.0540 e. The molecule has 0 saturated carbocycles. The van der Waals surface area contributed by atoms with Crippen LogP contribution in [0.15, 0.2) is 200 Å². The lowest BCUT2D eigenvalue weighted by Crippen LogP contribution is -2.12. The number of fused-ring (bicyclic) bond motifs is 4. The molecule has 0 heterocycles. The van der Waals surface area contributed by atoms with Crippen molar-refractivity contribution < 1.29 is 0 Å². The van der Waals surface area contributed by atoms with Gasteiger partial charge in [-0.05, 0) is 91.0 Å². The molecule has 1 nitrogen and oxygen atoms in total. The van der Waals surface area contributed by atoms with Crippen LogP contribution < -0.4 is 4.90 Å². The summed E-state index contributed by atoms with van der Waals surface area (Å²) in [4.78, 5) is 2.43. The van der Waals surface area contributed by atoms with Gasteiger partial charge in [-0.25, -0.2) is 0 Å². The first-order chi connectivity index (χ1) is 24.3. The van der Waals surface area contributed by atoms with E-state index in [0.717, 1.165) is 17.1 Å². The molecule has 0 aliphatic heterocycles. The summed E-state index contributed by atoms with van der Waals surface area (Å²) < 4.78 is 0. The third-order valence-electron chi connectivity index (χ3n) is 9.64. The van der Waals surface area contributed by atoms with Gasteiger partial charge in [0.05, 0.1) is 11.4 Å². The third-order valence-corrected chi connectivity index (χ3v) is 9.64. The second-order valence-electron chi connectivity index (χ2n) is 12.5. The Morgan fingerprint density at radius 1 is 0.265 bits per heavy atom. The summed E-state index contributed by atoms with van der Waals surface area (Å²) in [6.45, 7) is 0. The molecule has 1 heteroatoms. The van der Waals surface area contributed by atoms with Gasteiger partial charge >= 0.3 is 0 Å². The summed E-state index contributed by atoms with van der Waals surface area (Å²) in [5.74, 6) is 0. The van der Waals surface area contributed by atoms with Crippen molar-refractivity contribution in [1.29, 1.82) is 0 Å². The zero-order valence-electron chi connectivity index (χ0n) is 27.0. The summed E-state index contributed by atoms with van der Waals surface area (Å²) in [6, 6.07) is 72.5. The van der Waals surface area contributed by atoms with E-state index in [9.17, 15) is 0 Å². The van der Waals surface area contributed by atoms with E-state index in [-0.39, 0.29) is 0 Å². The largest absolute Gasteiger partial charge is 0.309 e. The highest BCUT2D eigenvalue weighted by atomic mass is 15.1. The van der Waals surface area contributed by atoms with Gasteiger partial charge in [-0.3, -0.25) is 0 Å². The monoisotopic (exact) mass is 623 g/mol. The van der Waals surface area contributed by atoms with Crippen molar-refractivity contribution >= 4 is 49.4 Å². The van der Waals surface area contributed by atoms with Crippen molar-refractivity contribution in [2.75, 3.05) is 4.90 Å². The predicted molar refractivity (Wildman–Crippen MR) is 210 cm³/mol. The number of anilines is 3. The molecule has 0 saturated heterocycles. The third kappa shape index (κ3) is 5.23. The number of hydrogen-bond acceptors (Lipinski definition) is 1. The average molecular weight is 624 g/mol. The van der Waals surface area contributed by atoms with Crippen molar-refractivity contribution in [3.63, 3.8) is 0 Å². The molecule has 0 bridgehead atoms.